The van der Waals surface area contributed by atoms with Crippen molar-refractivity contribution in [3.63, 3.8) is 0 Å². The molecule has 222 valence electrons. The van der Waals surface area contributed by atoms with Crippen LogP contribution in [0.3, 0.4) is 0 Å². The van der Waals surface area contributed by atoms with Gasteiger partial charge < -0.3 is 26.0 Å². The van der Waals surface area contributed by atoms with Gasteiger partial charge in [0.1, 0.15) is 17.8 Å². The second kappa shape index (κ2) is 17.6. The minimum atomic E-state index is -1.13. The lowest BCUT2D eigenvalue weighted by Gasteiger charge is -2.25. The summed E-state index contributed by atoms with van der Waals surface area (Å²) in [5.74, 6) is -1.32. The molecule has 1 unspecified atom stereocenters. The lowest BCUT2D eigenvalue weighted by molar-refractivity contribution is -0.140. The number of amides is 4. The highest BCUT2D eigenvalue weighted by Gasteiger charge is 2.31. The molecule has 0 spiro atoms. The van der Waals surface area contributed by atoms with Gasteiger partial charge in [-0.25, -0.2) is 0 Å². The SMILES string of the molecule is CCNC(=O)C(=O)[C@H](Cc1ccc(OC)cc1)NC(=O)[C@@H](NC(=O)CNC(=O)CCCCC1CCCS1)C(C)C. The summed E-state index contributed by atoms with van der Waals surface area (Å²) in [6.07, 6.45) is 5.84. The predicted octanol–water partition coefficient (Wildman–Crippen LogP) is 2.14. The smallest absolute Gasteiger partial charge is 0.289 e. The van der Waals surface area contributed by atoms with Gasteiger partial charge in [-0.1, -0.05) is 32.4 Å². The third-order valence-corrected chi connectivity index (χ3v) is 8.18. The normalized spacial score (nSPS) is 16.1. The molecule has 10 nitrogen and oxygen atoms in total. The van der Waals surface area contributed by atoms with E-state index in [4.69, 9.17) is 4.74 Å². The van der Waals surface area contributed by atoms with Crippen LogP contribution in [0.5, 0.6) is 5.75 Å². The van der Waals surface area contributed by atoms with Crippen LogP contribution in [0.25, 0.3) is 0 Å². The summed E-state index contributed by atoms with van der Waals surface area (Å²) in [6, 6.07) is 4.86. The molecule has 1 heterocycles. The Labute approximate surface area is 241 Å². The number of Topliss-reactive ketones (excluding diaryl/α,β-unsaturated/α-hetero) is 1. The van der Waals surface area contributed by atoms with Crippen molar-refractivity contribution >= 4 is 41.2 Å². The standard InChI is InChI=1S/C29H44N4O6S/c1-5-30-29(38)27(36)23(17-20-12-14-21(39-4)15-13-20)32-28(37)26(19(2)3)33-25(35)18-31-24(34)11-7-6-9-22-10-8-16-40-22/h12-15,19,22-23,26H,5-11,16-18H2,1-4H3,(H,30,38)(H,31,34)(H,32,37)(H,33,35)/t22?,23-,26-/m0/s1. The van der Waals surface area contributed by atoms with Crippen molar-refractivity contribution in [3.05, 3.63) is 29.8 Å². The van der Waals surface area contributed by atoms with E-state index in [0.717, 1.165) is 24.8 Å². The summed E-state index contributed by atoms with van der Waals surface area (Å²) in [5, 5.41) is 11.1. The Morgan fingerprint density at radius 3 is 2.33 bits per heavy atom. The molecule has 0 aliphatic carbocycles. The van der Waals surface area contributed by atoms with Gasteiger partial charge in [0.25, 0.3) is 5.91 Å². The van der Waals surface area contributed by atoms with E-state index < -0.39 is 35.6 Å². The second-order valence-electron chi connectivity index (χ2n) is 10.3. The molecule has 40 heavy (non-hydrogen) atoms. The number of likely N-dealkylation sites (N-methyl/N-ethyl adjacent to an activating group) is 1. The number of ketones is 1. The van der Waals surface area contributed by atoms with Gasteiger partial charge in [0.15, 0.2) is 0 Å². The molecule has 0 saturated carbocycles. The summed E-state index contributed by atoms with van der Waals surface area (Å²) >= 11 is 2.01. The number of rotatable bonds is 17. The van der Waals surface area contributed by atoms with E-state index in [1.807, 2.05) is 11.8 Å². The number of unbranched alkanes of at least 4 members (excludes halogenated alkanes) is 1. The van der Waals surface area contributed by atoms with E-state index in [-0.39, 0.29) is 31.3 Å². The zero-order valence-corrected chi connectivity index (χ0v) is 24.9. The summed E-state index contributed by atoms with van der Waals surface area (Å²) in [7, 11) is 1.54. The van der Waals surface area contributed by atoms with Gasteiger partial charge >= 0.3 is 0 Å². The number of hydrogen-bond acceptors (Lipinski definition) is 7. The zero-order chi connectivity index (χ0) is 29.5. The van der Waals surface area contributed by atoms with Crippen molar-refractivity contribution in [2.75, 3.05) is 26.0 Å². The maximum atomic E-state index is 13.2. The monoisotopic (exact) mass is 576 g/mol. The van der Waals surface area contributed by atoms with Gasteiger partial charge in [-0.3, -0.25) is 24.0 Å². The third kappa shape index (κ3) is 11.6. The molecule has 1 aliphatic heterocycles. The minimum absolute atomic E-state index is 0.0833. The van der Waals surface area contributed by atoms with E-state index >= 15 is 0 Å². The van der Waals surface area contributed by atoms with E-state index in [1.54, 1.807) is 52.1 Å². The topological polar surface area (TPSA) is 143 Å². The fraction of sp³-hybridized carbons (Fsp3) is 0.621. The molecule has 0 radical (unpaired) electrons. The average molecular weight is 577 g/mol. The first-order chi connectivity index (χ1) is 19.1. The zero-order valence-electron chi connectivity index (χ0n) is 24.0. The van der Waals surface area contributed by atoms with Crippen molar-refractivity contribution in [2.24, 2.45) is 5.92 Å². The Morgan fingerprint density at radius 1 is 1.00 bits per heavy atom. The van der Waals surface area contributed by atoms with Crippen LogP contribution in [-0.2, 0) is 30.4 Å². The molecule has 4 N–H and O–H groups in total. The van der Waals surface area contributed by atoms with Crippen LogP contribution in [0.1, 0.15) is 64.9 Å². The van der Waals surface area contributed by atoms with Crippen molar-refractivity contribution in [1.29, 1.82) is 0 Å². The Balaban J connectivity index is 1.92. The number of ether oxygens (including phenoxy) is 1. The number of carbonyl (C=O) groups is 5. The molecule has 11 heteroatoms. The van der Waals surface area contributed by atoms with Crippen LogP contribution in [0.15, 0.2) is 24.3 Å². The van der Waals surface area contributed by atoms with Gasteiger partial charge in [0.05, 0.1) is 13.7 Å². The Kier molecular flexibility index (Phi) is 14.6. The van der Waals surface area contributed by atoms with Gasteiger partial charge in [0.2, 0.25) is 23.5 Å². The summed E-state index contributed by atoms with van der Waals surface area (Å²) in [4.78, 5) is 63.2. The number of nitrogens with one attached hydrogen (secondary N) is 4. The molecule has 1 aromatic rings. The molecular weight excluding hydrogens is 532 g/mol. The maximum absolute atomic E-state index is 13.2. The van der Waals surface area contributed by atoms with Gasteiger partial charge in [-0.2, -0.15) is 11.8 Å². The molecule has 0 aromatic heterocycles. The number of methoxy groups -OCH3 is 1. The third-order valence-electron chi connectivity index (χ3n) is 6.71. The molecule has 2 rings (SSSR count). The first kappa shape index (κ1) is 33.1. The molecule has 1 saturated heterocycles. The first-order valence-corrected chi connectivity index (χ1v) is 15.1. The van der Waals surface area contributed by atoms with Gasteiger partial charge in [-0.05, 0) is 62.0 Å². The lowest BCUT2D eigenvalue weighted by Crippen LogP contribution is -2.57. The van der Waals surface area contributed by atoms with Gasteiger partial charge in [-0.15, -0.1) is 0 Å². The van der Waals surface area contributed by atoms with Crippen molar-refractivity contribution in [2.45, 2.75) is 83.1 Å². The summed E-state index contributed by atoms with van der Waals surface area (Å²) in [5.41, 5.74) is 0.721. The number of benzene rings is 1. The summed E-state index contributed by atoms with van der Waals surface area (Å²) < 4.78 is 5.16. The minimum Gasteiger partial charge on any atom is -0.497 e. The van der Waals surface area contributed by atoms with Crippen LogP contribution < -0.4 is 26.0 Å². The predicted molar refractivity (Wildman–Crippen MR) is 156 cm³/mol. The van der Waals surface area contributed by atoms with Crippen molar-refractivity contribution in [3.8, 4) is 5.75 Å². The van der Waals surface area contributed by atoms with Crippen LogP contribution in [-0.4, -0.2) is 72.7 Å². The maximum Gasteiger partial charge on any atom is 0.289 e. The van der Waals surface area contributed by atoms with Crippen molar-refractivity contribution in [1.82, 2.24) is 21.3 Å². The van der Waals surface area contributed by atoms with Crippen LogP contribution in [0.4, 0.5) is 0 Å². The highest BCUT2D eigenvalue weighted by Crippen LogP contribution is 2.30. The highest BCUT2D eigenvalue weighted by molar-refractivity contribution is 8.00. The Hall–Kier alpha value is -3.08. The van der Waals surface area contributed by atoms with E-state index in [1.165, 1.54) is 18.6 Å². The lowest BCUT2D eigenvalue weighted by atomic mass is 9.99. The molecule has 4 amide bonds. The quantitative estimate of drug-likeness (QED) is 0.164. The van der Waals surface area contributed by atoms with E-state index in [0.29, 0.717) is 17.4 Å². The largest absolute Gasteiger partial charge is 0.497 e. The van der Waals surface area contributed by atoms with Crippen LogP contribution >= 0.6 is 11.8 Å². The van der Waals surface area contributed by atoms with Crippen LogP contribution in [0, 0.1) is 5.92 Å². The number of thioether (sulfide) groups is 1. The molecule has 3 atom stereocenters. The Morgan fingerprint density at radius 2 is 1.73 bits per heavy atom. The van der Waals surface area contributed by atoms with Crippen molar-refractivity contribution < 1.29 is 28.7 Å². The fourth-order valence-electron chi connectivity index (χ4n) is 4.43. The molecule has 1 fully saturated rings. The molecule has 1 aromatic carbocycles. The van der Waals surface area contributed by atoms with E-state index in [9.17, 15) is 24.0 Å². The summed E-state index contributed by atoms with van der Waals surface area (Å²) in [6.45, 7) is 5.23. The average Bonchev–Trinajstić information content (AvgIpc) is 3.46. The molecule has 1 aliphatic rings. The van der Waals surface area contributed by atoms with Crippen LogP contribution in [0.2, 0.25) is 0 Å². The number of hydrogen-bond donors (Lipinski definition) is 4. The highest BCUT2D eigenvalue weighted by atomic mass is 32.2. The molecular formula is C29H44N4O6S. The second-order valence-corrected chi connectivity index (χ2v) is 11.7. The fourth-order valence-corrected chi connectivity index (χ4v) is 5.76. The number of carbonyl (C=O) groups excluding carboxylic acids is 5. The molecule has 0 bridgehead atoms. The first-order valence-electron chi connectivity index (χ1n) is 14.1. The van der Waals surface area contributed by atoms with E-state index in [2.05, 4.69) is 21.3 Å². The van der Waals surface area contributed by atoms with Gasteiger partial charge in [0, 0.05) is 24.6 Å². The Bertz CT molecular complexity index is 995.